The number of carbonyl (C=O) groups excluding carboxylic acids is 6. The van der Waals surface area contributed by atoms with Crippen LogP contribution in [-0.2, 0) is 9.47 Å². The van der Waals surface area contributed by atoms with E-state index in [-0.39, 0.29) is 25.8 Å². The second kappa shape index (κ2) is 25.3. The Hall–Kier alpha value is -6.14. The first-order chi connectivity index (χ1) is 33.2. The summed E-state index contributed by atoms with van der Waals surface area (Å²) in [7, 11) is 1.87. The molecule has 4 aromatic carbocycles. The number of rotatable bonds is 27. The molecule has 0 aromatic heterocycles. The van der Waals surface area contributed by atoms with Crippen LogP contribution in [0.1, 0.15) is 157 Å². The van der Waals surface area contributed by atoms with Crippen LogP contribution < -0.4 is 16.0 Å². The van der Waals surface area contributed by atoms with E-state index in [1.54, 1.807) is 97.1 Å². The van der Waals surface area contributed by atoms with Crippen molar-refractivity contribution in [3.8, 4) is 0 Å². The summed E-state index contributed by atoms with van der Waals surface area (Å²) < 4.78 is 10.9. The highest BCUT2D eigenvalue weighted by Crippen LogP contribution is 2.30. The molecule has 0 unspecified atom stereocenters. The second-order valence-corrected chi connectivity index (χ2v) is 19.9. The van der Waals surface area contributed by atoms with Crippen LogP contribution in [-0.4, -0.2) is 129 Å². The molecule has 0 aliphatic heterocycles. The average Bonchev–Trinajstić information content (AvgIpc) is 3.31. The third-order valence-electron chi connectivity index (χ3n) is 11.7. The molecule has 0 atom stereocenters. The van der Waals surface area contributed by atoms with Gasteiger partial charge in [-0.3, -0.25) is 24.1 Å². The molecule has 16 nitrogen and oxygen atoms in total. The molecule has 0 aliphatic rings. The Kier molecular flexibility index (Phi) is 20.5. The van der Waals surface area contributed by atoms with E-state index in [9.17, 15) is 49.2 Å². The number of ketones is 4. The van der Waals surface area contributed by atoms with E-state index in [0.29, 0.717) is 54.7 Å². The number of Topliss-reactive ketones (excluding diaryl/α,β-unsaturated/α-hetero) is 4. The van der Waals surface area contributed by atoms with Crippen LogP contribution >= 0.6 is 0 Å². The number of hydrogen-bond acceptors (Lipinski definition) is 14. The van der Waals surface area contributed by atoms with E-state index in [1.165, 1.54) is 55.4 Å². The standard InChI is InChI=1S/C55H72N4O12/c1-52(2,66)46(60)40-22-14-36(15-23-40)44(37-16-24-41(25-17-37)47(61)53(3,4)67)56-32-34-70-50(64)57-30-12-10-11-13-31-58-51(65)71-35-33-59(9)45(38-18-26-42(27-19-38)48(62)54(5,6)68)39-20-28-43(29-21-39)49(63)55(7,8)69/h14-29,44-45,56,66-69H,10-13,30-35H2,1-9H3,(H,57,64)(H,58,65). The third-order valence-corrected chi connectivity index (χ3v) is 11.7. The summed E-state index contributed by atoms with van der Waals surface area (Å²) in [4.78, 5) is 77.6. The number of nitrogens with zero attached hydrogens (tertiary/aromatic N) is 1. The van der Waals surface area contributed by atoms with Crippen molar-refractivity contribution in [3.63, 3.8) is 0 Å². The summed E-state index contributed by atoms with van der Waals surface area (Å²) in [6, 6.07) is 26.7. The van der Waals surface area contributed by atoms with Gasteiger partial charge in [0.15, 0.2) is 23.1 Å². The summed E-state index contributed by atoms with van der Waals surface area (Å²) in [5.41, 5.74) is -1.49. The van der Waals surface area contributed by atoms with Crippen molar-refractivity contribution in [2.24, 2.45) is 0 Å². The lowest BCUT2D eigenvalue weighted by Gasteiger charge is -2.29. The molecule has 0 saturated heterocycles. The molecular formula is C55H72N4O12. The zero-order valence-corrected chi connectivity index (χ0v) is 42.5. The predicted molar refractivity (Wildman–Crippen MR) is 270 cm³/mol. The third kappa shape index (κ3) is 17.6. The maximum Gasteiger partial charge on any atom is 0.407 e. The lowest BCUT2D eigenvalue weighted by Crippen LogP contribution is -2.33. The minimum atomic E-state index is -1.53. The Morgan fingerprint density at radius 3 is 1.06 bits per heavy atom. The number of aliphatic hydroxyl groups is 4. The number of nitrogens with one attached hydrogen (secondary N) is 3. The number of ether oxygens (including phenoxy) is 2. The van der Waals surface area contributed by atoms with E-state index in [1.807, 2.05) is 11.9 Å². The summed E-state index contributed by atoms with van der Waals surface area (Å²) in [6.45, 7) is 13.0. The molecule has 0 fully saturated rings. The molecule has 71 heavy (non-hydrogen) atoms. The first kappa shape index (κ1) is 57.4. The fraction of sp³-hybridized carbons (Fsp3) is 0.455. The molecule has 0 radical (unpaired) electrons. The predicted octanol–water partition coefficient (Wildman–Crippen LogP) is 6.91. The lowest BCUT2D eigenvalue weighted by atomic mass is 9.91. The van der Waals surface area contributed by atoms with E-state index in [4.69, 9.17) is 9.47 Å². The van der Waals surface area contributed by atoms with Crippen LogP contribution in [0.2, 0.25) is 0 Å². The highest BCUT2D eigenvalue weighted by molar-refractivity contribution is 6.03. The number of amides is 2. The highest BCUT2D eigenvalue weighted by atomic mass is 16.6. The Morgan fingerprint density at radius 1 is 0.451 bits per heavy atom. The highest BCUT2D eigenvalue weighted by Gasteiger charge is 2.30. The molecule has 384 valence electrons. The second-order valence-electron chi connectivity index (χ2n) is 19.9. The molecule has 2 amide bonds. The zero-order valence-electron chi connectivity index (χ0n) is 42.5. The Balaban J connectivity index is 1.18. The van der Waals surface area contributed by atoms with Gasteiger partial charge in [-0.15, -0.1) is 0 Å². The van der Waals surface area contributed by atoms with Crippen LogP contribution in [0.3, 0.4) is 0 Å². The fourth-order valence-corrected chi connectivity index (χ4v) is 7.67. The van der Waals surface area contributed by atoms with Crippen LogP contribution in [0.25, 0.3) is 0 Å². The normalized spacial score (nSPS) is 12.2. The Bertz CT molecular complexity index is 2270. The Labute approximate surface area is 417 Å². The Morgan fingerprint density at radius 2 is 0.746 bits per heavy atom. The topological polar surface area (TPSA) is 241 Å². The van der Waals surface area contributed by atoms with Crippen LogP contribution in [0.15, 0.2) is 97.1 Å². The first-order valence-corrected chi connectivity index (χ1v) is 23.9. The lowest BCUT2D eigenvalue weighted by molar-refractivity contribution is 0.0487. The van der Waals surface area contributed by atoms with Gasteiger partial charge < -0.3 is 45.9 Å². The molecule has 0 heterocycles. The number of hydrogen-bond donors (Lipinski definition) is 7. The van der Waals surface area contributed by atoms with Gasteiger partial charge in [0, 0.05) is 48.4 Å². The van der Waals surface area contributed by atoms with Crippen molar-refractivity contribution >= 4 is 35.3 Å². The van der Waals surface area contributed by atoms with Crippen LogP contribution in [0.4, 0.5) is 9.59 Å². The summed E-state index contributed by atoms with van der Waals surface area (Å²) in [6.07, 6.45) is 1.87. The van der Waals surface area contributed by atoms with Crippen molar-refractivity contribution in [1.82, 2.24) is 20.9 Å². The van der Waals surface area contributed by atoms with Gasteiger partial charge in [0.2, 0.25) is 0 Å². The molecule has 4 aromatic rings. The van der Waals surface area contributed by atoms with Crippen LogP contribution in [0.5, 0.6) is 0 Å². The van der Waals surface area contributed by atoms with E-state index >= 15 is 0 Å². The molecule has 0 saturated carbocycles. The quantitative estimate of drug-likeness (QED) is 0.0237. The number of benzene rings is 4. The van der Waals surface area contributed by atoms with Gasteiger partial charge in [-0.2, -0.15) is 0 Å². The fourth-order valence-electron chi connectivity index (χ4n) is 7.67. The minimum Gasteiger partial charge on any atom is -0.448 e. The van der Waals surface area contributed by atoms with E-state index in [2.05, 4.69) is 16.0 Å². The number of carbonyl (C=O) groups is 6. The summed E-state index contributed by atoms with van der Waals surface area (Å²) in [5.74, 6) is -1.66. The first-order valence-electron chi connectivity index (χ1n) is 23.9. The van der Waals surface area contributed by atoms with Crippen molar-refractivity contribution in [3.05, 3.63) is 142 Å². The zero-order chi connectivity index (χ0) is 52.7. The number of likely N-dealkylation sites (N-methyl/N-ethyl adjacent to an activating group) is 1. The molecule has 0 bridgehead atoms. The molecule has 16 heteroatoms. The smallest absolute Gasteiger partial charge is 0.407 e. The van der Waals surface area contributed by atoms with Gasteiger partial charge in [0.25, 0.3) is 0 Å². The maximum absolute atomic E-state index is 12.7. The van der Waals surface area contributed by atoms with Gasteiger partial charge in [-0.05, 0) is 97.5 Å². The molecular weight excluding hydrogens is 909 g/mol. The van der Waals surface area contributed by atoms with Crippen molar-refractivity contribution < 1.29 is 58.7 Å². The largest absolute Gasteiger partial charge is 0.448 e. The maximum atomic E-state index is 12.7. The molecule has 7 N–H and O–H groups in total. The minimum absolute atomic E-state index is 0.0507. The van der Waals surface area contributed by atoms with Crippen LogP contribution in [0, 0.1) is 0 Å². The molecule has 4 rings (SSSR count). The van der Waals surface area contributed by atoms with Gasteiger partial charge in [0.05, 0.1) is 12.1 Å². The van der Waals surface area contributed by atoms with Gasteiger partial charge in [-0.25, -0.2) is 9.59 Å². The number of alkyl carbamates (subject to hydrolysis) is 2. The van der Waals surface area contributed by atoms with Crippen molar-refractivity contribution in [1.29, 1.82) is 0 Å². The average molecular weight is 981 g/mol. The van der Waals surface area contributed by atoms with Gasteiger partial charge in [-0.1, -0.05) is 110 Å². The van der Waals surface area contributed by atoms with Gasteiger partial charge >= 0.3 is 12.2 Å². The number of unbranched alkanes of at least 4 members (excludes halogenated alkanes) is 3. The molecule has 0 aliphatic carbocycles. The van der Waals surface area contributed by atoms with Crippen molar-refractivity contribution in [2.45, 2.75) is 116 Å². The van der Waals surface area contributed by atoms with E-state index < -0.39 is 63.8 Å². The summed E-state index contributed by atoms with van der Waals surface area (Å²) in [5, 5.41) is 49.7. The SMILES string of the molecule is CN(CCOC(=O)NCCCCCCNC(=O)OCCNC(c1ccc(C(=O)C(C)(C)O)cc1)c1ccc(C(=O)C(C)(C)O)cc1)C(c1ccc(C(=O)C(C)(C)O)cc1)c1ccc(C(=O)C(C)(C)O)cc1. The monoisotopic (exact) mass is 981 g/mol. The van der Waals surface area contributed by atoms with E-state index in [0.717, 1.165) is 35.1 Å². The van der Waals surface area contributed by atoms with Gasteiger partial charge in [0.1, 0.15) is 35.6 Å². The molecule has 0 spiro atoms. The summed E-state index contributed by atoms with van der Waals surface area (Å²) >= 11 is 0. The van der Waals surface area contributed by atoms with Crippen molar-refractivity contribution in [2.75, 3.05) is 46.4 Å².